The molecule has 0 atom stereocenters. The first-order valence-electron chi connectivity index (χ1n) is 10.9. The van der Waals surface area contributed by atoms with Crippen LogP contribution >= 0.6 is 0 Å². The van der Waals surface area contributed by atoms with Crippen LogP contribution in [0.3, 0.4) is 0 Å². The van der Waals surface area contributed by atoms with Crippen LogP contribution in [0.25, 0.3) is 22.0 Å². The molecule has 33 heavy (non-hydrogen) atoms. The highest BCUT2D eigenvalue weighted by Gasteiger charge is 2.13. The van der Waals surface area contributed by atoms with Gasteiger partial charge in [-0.2, -0.15) is 0 Å². The average Bonchev–Trinajstić information content (AvgIpc) is 2.88. The third-order valence-corrected chi connectivity index (χ3v) is 5.81. The van der Waals surface area contributed by atoms with Gasteiger partial charge < -0.3 is 20.3 Å². The number of methoxy groups -OCH3 is 1. The minimum atomic E-state index is -0.270. The Morgan fingerprint density at radius 3 is 2.55 bits per heavy atom. The van der Waals surface area contributed by atoms with Gasteiger partial charge in [0.2, 0.25) is 0 Å². The SMILES string of the molecule is COc1cc(-c2ccc(F)cc2)cc2c(NCc3ccc(N4CCNCC4)nc3)ncnc12. The summed E-state index contributed by atoms with van der Waals surface area (Å²) in [6.07, 6.45) is 3.43. The van der Waals surface area contributed by atoms with E-state index in [1.165, 1.54) is 18.5 Å². The van der Waals surface area contributed by atoms with Gasteiger partial charge in [-0.15, -0.1) is 0 Å². The molecule has 2 aromatic heterocycles. The fraction of sp³-hybridized carbons (Fsp3) is 0.240. The monoisotopic (exact) mass is 444 g/mol. The molecule has 0 amide bonds. The molecule has 0 spiro atoms. The molecular formula is C25H25FN6O. The number of benzene rings is 2. The van der Waals surface area contributed by atoms with Gasteiger partial charge in [-0.3, -0.25) is 0 Å². The van der Waals surface area contributed by atoms with Crippen molar-refractivity contribution in [2.24, 2.45) is 0 Å². The number of hydrogen-bond donors (Lipinski definition) is 2. The molecule has 168 valence electrons. The van der Waals surface area contributed by atoms with E-state index in [0.29, 0.717) is 23.6 Å². The number of nitrogens with one attached hydrogen (secondary N) is 2. The van der Waals surface area contributed by atoms with E-state index in [1.54, 1.807) is 19.2 Å². The molecule has 1 saturated heterocycles. The molecule has 2 N–H and O–H groups in total. The Kier molecular flexibility index (Phi) is 5.99. The van der Waals surface area contributed by atoms with Crippen LogP contribution in [-0.4, -0.2) is 48.2 Å². The van der Waals surface area contributed by atoms with Crippen LogP contribution in [0.1, 0.15) is 5.56 Å². The van der Waals surface area contributed by atoms with Crippen LogP contribution in [0.4, 0.5) is 16.0 Å². The molecule has 3 heterocycles. The fourth-order valence-electron chi connectivity index (χ4n) is 4.03. The number of fused-ring (bicyclic) bond motifs is 1. The molecule has 1 fully saturated rings. The van der Waals surface area contributed by atoms with Crippen molar-refractivity contribution in [3.63, 3.8) is 0 Å². The molecule has 0 radical (unpaired) electrons. The summed E-state index contributed by atoms with van der Waals surface area (Å²) in [7, 11) is 1.62. The number of aromatic nitrogens is 3. The van der Waals surface area contributed by atoms with E-state index in [4.69, 9.17) is 4.74 Å². The van der Waals surface area contributed by atoms with Crippen LogP contribution < -0.4 is 20.3 Å². The Bertz CT molecular complexity index is 1240. The number of ether oxygens (including phenoxy) is 1. The Morgan fingerprint density at radius 2 is 1.82 bits per heavy atom. The third kappa shape index (κ3) is 4.56. The lowest BCUT2D eigenvalue weighted by Gasteiger charge is -2.28. The molecule has 1 aliphatic heterocycles. The molecular weight excluding hydrogens is 419 g/mol. The van der Waals surface area contributed by atoms with E-state index in [1.807, 2.05) is 18.3 Å². The summed E-state index contributed by atoms with van der Waals surface area (Å²) in [5.41, 5.74) is 3.56. The zero-order valence-electron chi connectivity index (χ0n) is 18.4. The van der Waals surface area contributed by atoms with Crippen molar-refractivity contribution in [3.05, 3.63) is 72.4 Å². The van der Waals surface area contributed by atoms with E-state index in [2.05, 4.69) is 42.6 Å². The normalized spacial score (nSPS) is 13.8. The van der Waals surface area contributed by atoms with Crippen LogP contribution in [0, 0.1) is 5.82 Å². The van der Waals surface area contributed by atoms with Gasteiger partial charge in [-0.25, -0.2) is 19.3 Å². The molecule has 4 aromatic rings. The van der Waals surface area contributed by atoms with Crippen LogP contribution in [-0.2, 0) is 6.54 Å². The van der Waals surface area contributed by atoms with Crippen LogP contribution in [0.2, 0.25) is 0 Å². The number of piperazine rings is 1. The molecule has 7 nitrogen and oxygen atoms in total. The minimum absolute atomic E-state index is 0.270. The van der Waals surface area contributed by atoms with Crippen molar-refractivity contribution in [2.75, 3.05) is 43.5 Å². The van der Waals surface area contributed by atoms with Crippen molar-refractivity contribution in [2.45, 2.75) is 6.54 Å². The van der Waals surface area contributed by atoms with Gasteiger partial charge >= 0.3 is 0 Å². The van der Waals surface area contributed by atoms with E-state index in [9.17, 15) is 4.39 Å². The highest BCUT2D eigenvalue weighted by molar-refractivity contribution is 5.96. The summed E-state index contributed by atoms with van der Waals surface area (Å²) in [5, 5.41) is 7.60. The number of hydrogen-bond acceptors (Lipinski definition) is 7. The zero-order valence-corrected chi connectivity index (χ0v) is 18.4. The minimum Gasteiger partial charge on any atom is -0.494 e. The molecule has 2 aromatic carbocycles. The summed E-state index contributed by atoms with van der Waals surface area (Å²) in [6.45, 7) is 4.47. The summed E-state index contributed by atoms with van der Waals surface area (Å²) in [4.78, 5) is 15.8. The van der Waals surface area contributed by atoms with E-state index in [0.717, 1.165) is 54.1 Å². The predicted octanol–water partition coefficient (Wildman–Crippen LogP) is 3.86. The van der Waals surface area contributed by atoms with E-state index in [-0.39, 0.29) is 5.82 Å². The third-order valence-electron chi connectivity index (χ3n) is 5.81. The first kappa shape index (κ1) is 21.1. The van der Waals surface area contributed by atoms with Crippen molar-refractivity contribution < 1.29 is 9.13 Å². The number of halogens is 1. The zero-order chi connectivity index (χ0) is 22.6. The van der Waals surface area contributed by atoms with Gasteiger partial charge in [0.25, 0.3) is 0 Å². The first-order chi connectivity index (χ1) is 16.2. The summed E-state index contributed by atoms with van der Waals surface area (Å²) in [6, 6.07) is 14.5. The van der Waals surface area contributed by atoms with E-state index >= 15 is 0 Å². The Labute approximate surface area is 191 Å². The van der Waals surface area contributed by atoms with Gasteiger partial charge in [-0.05, 0) is 47.0 Å². The molecule has 0 aliphatic carbocycles. The van der Waals surface area contributed by atoms with Gasteiger partial charge in [0.05, 0.1) is 7.11 Å². The second-order valence-electron chi connectivity index (χ2n) is 7.92. The molecule has 0 bridgehead atoms. The Hall–Kier alpha value is -3.78. The number of anilines is 2. The smallest absolute Gasteiger partial charge is 0.145 e. The quantitative estimate of drug-likeness (QED) is 0.468. The maximum Gasteiger partial charge on any atom is 0.145 e. The maximum atomic E-state index is 13.4. The lowest BCUT2D eigenvalue weighted by molar-refractivity contribution is 0.419. The van der Waals surface area contributed by atoms with Crippen molar-refractivity contribution in [1.29, 1.82) is 0 Å². The highest BCUT2D eigenvalue weighted by atomic mass is 19.1. The predicted molar refractivity (Wildman–Crippen MR) is 128 cm³/mol. The van der Waals surface area contributed by atoms with Gasteiger partial charge in [0, 0.05) is 44.3 Å². The Balaban J connectivity index is 1.40. The highest BCUT2D eigenvalue weighted by Crippen LogP contribution is 2.34. The van der Waals surface area contributed by atoms with Crippen molar-refractivity contribution >= 4 is 22.5 Å². The summed E-state index contributed by atoms with van der Waals surface area (Å²) in [5.74, 6) is 2.07. The number of nitrogens with zero attached hydrogens (tertiary/aromatic N) is 4. The maximum absolute atomic E-state index is 13.4. The summed E-state index contributed by atoms with van der Waals surface area (Å²) >= 11 is 0. The topological polar surface area (TPSA) is 75.2 Å². The second-order valence-corrected chi connectivity index (χ2v) is 7.92. The van der Waals surface area contributed by atoms with Crippen molar-refractivity contribution in [3.8, 4) is 16.9 Å². The lowest BCUT2D eigenvalue weighted by atomic mass is 10.0. The molecule has 0 unspecified atom stereocenters. The van der Waals surface area contributed by atoms with Gasteiger partial charge in [-0.1, -0.05) is 18.2 Å². The van der Waals surface area contributed by atoms with Crippen molar-refractivity contribution in [1.82, 2.24) is 20.3 Å². The molecule has 5 rings (SSSR count). The summed E-state index contributed by atoms with van der Waals surface area (Å²) < 4.78 is 19.0. The molecule has 0 saturated carbocycles. The first-order valence-corrected chi connectivity index (χ1v) is 10.9. The standard InChI is InChI=1S/C25H25FN6O/c1-33-22-13-19(18-3-5-20(26)6-4-18)12-21-24(22)30-16-31-25(21)29-15-17-2-7-23(28-14-17)32-10-8-27-9-11-32/h2-7,12-14,16,27H,8-11,15H2,1H3,(H,29,30,31). The largest absolute Gasteiger partial charge is 0.494 e. The average molecular weight is 445 g/mol. The van der Waals surface area contributed by atoms with E-state index < -0.39 is 0 Å². The van der Waals surface area contributed by atoms with Gasteiger partial charge in [0.1, 0.15) is 35.0 Å². The Morgan fingerprint density at radius 1 is 1.00 bits per heavy atom. The lowest BCUT2D eigenvalue weighted by Crippen LogP contribution is -2.43. The molecule has 1 aliphatic rings. The van der Waals surface area contributed by atoms with Crippen LogP contribution in [0.15, 0.2) is 61.1 Å². The van der Waals surface area contributed by atoms with Gasteiger partial charge in [0.15, 0.2) is 0 Å². The molecule has 8 heteroatoms. The van der Waals surface area contributed by atoms with Crippen LogP contribution in [0.5, 0.6) is 5.75 Å². The fourth-order valence-corrected chi connectivity index (χ4v) is 4.03. The second kappa shape index (κ2) is 9.38. The number of pyridine rings is 1. The number of rotatable bonds is 6.